The minimum atomic E-state index is -3.80. The molecular formula is C11H16N2O5S. The van der Waals surface area contributed by atoms with Gasteiger partial charge in [-0.3, -0.25) is 4.79 Å². The number of ether oxygens (including phenoxy) is 1. The molecule has 0 saturated carbocycles. The Hall–Kier alpha value is -1.38. The lowest BCUT2D eigenvalue weighted by atomic mass is 10.2. The quantitative estimate of drug-likeness (QED) is 0.745. The predicted molar refractivity (Wildman–Crippen MR) is 65.7 cm³/mol. The number of methoxy groups -OCH3 is 1. The van der Waals surface area contributed by atoms with Crippen LogP contribution in [0.25, 0.3) is 0 Å². The van der Waals surface area contributed by atoms with E-state index in [4.69, 9.17) is 0 Å². The number of esters is 1. The summed E-state index contributed by atoms with van der Waals surface area (Å²) in [7, 11) is -0.905. The molecule has 1 aliphatic rings. The van der Waals surface area contributed by atoms with E-state index in [0.717, 1.165) is 4.31 Å². The molecule has 1 aliphatic heterocycles. The SMILES string of the molecule is COC(=O)C1CC(O)CN1S(=O)(=O)c1ccn(C)c1. The third kappa shape index (κ3) is 2.51. The van der Waals surface area contributed by atoms with Gasteiger partial charge in [-0.1, -0.05) is 0 Å². The zero-order chi connectivity index (χ0) is 14.2. The van der Waals surface area contributed by atoms with Crippen molar-refractivity contribution in [2.75, 3.05) is 13.7 Å². The summed E-state index contributed by atoms with van der Waals surface area (Å²) in [5.41, 5.74) is 0. The smallest absolute Gasteiger partial charge is 0.324 e. The van der Waals surface area contributed by atoms with Gasteiger partial charge in [-0.05, 0) is 6.07 Å². The molecule has 1 N–H and O–H groups in total. The van der Waals surface area contributed by atoms with Gasteiger partial charge >= 0.3 is 5.97 Å². The maximum absolute atomic E-state index is 12.4. The molecule has 1 saturated heterocycles. The lowest BCUT2D eigenvalue weighted by Gasteiger charge is -2.21. The van der Waals surface area contributed by atoms with Gasteiger partial charge in [0, 0.05) is 32.4 Å². The first kappa shape index (κ1) is 14.0. The topological polar surface area (TPSA) is 88.8 Å². The summed E-state index contributed by atoms with van der Waals surface area (Å²) in [5, 5.41) is 9.61. The molecule has 2 unspecified atom stereocenters. The minimum Gasteiger partial charge on any atom is -0.468 e. The molecule has 0 radical (unpaired) electrons. The third-order valence-corrected chi connectivity index (χ3v) is 4.98. The molecule has 1 aromatic rings. The second kappa shape index (κ2) is 4.95. The zero-order valence-electron chi connectivity index (χ0n) is 10.7. The number of aliphatic hydroxyl groups is 1. The number of aliphatic hydroxyl groups excluding tert-OH is 1. The fraction of sp³-hybridized carbons (Fsp3) is 0.545. The van der Waals surface area contributed by atoms with E-state index in [1.807, 2.05) is 0 Å². The summed E-state index contributed by atoms with van der Waals surface area (Å²) in [6.45, 7) is -0.100. The van der Waals surface area contributed by atoms with Gasteiger partial charge in [0.2, 0.25) is 10.0 Å². The van der Waals surface area contributed by atoms with Gasteiger partial charge in [0.25, 0.3) is 0 Å². The lowest BCUT2D eigenvalue weighted by molar-refractivity contribution is -0.144. The highest BCUT2D eigenvalue weighted by Gasteiger charge is 2.44. The molecule has 2 heterocycles. The lowest BCUT2D eigenvalue weighted by Crippen LogP contribution is -2.41. The van der Waals surface area contributed by atoms with Crippen LogP contribution in [0.2, 0.25) is 0 Å². The number of carbonyl (C=O) groups excluding carboxylic acids is 1. The van der Waals surface area contributed by atoms with Gasteiger partial charge in [0.15, 0.2) is 0 Å². The maximum Gasteiger partial charge on any atom is 0.324 e. The van der Waals surface area contributed by atoms with Crippen LogP contribution in [0.5, 0.6) is 0 Å². The van der Waals surface area contributed by atoms with Crippen molar-refractivity contribution in [3.63, 3.8) is 0 Å². The number of sulfonamides is 1. The Labute approximate surface area is 111 Å². The number of aryl methyl sites for hydroxylation is 1. The van der Waals surface area contributed by atoms with E-state index in [1.165, 1.54) is 19.4 Å². The van der Waals surface area contributed by atoms with Crippen molar-refractivity contribution in [3.05, 3.63) is 18.5 Å². The van der Waals surface area contributed by atoms with Crippen LogP contribution in [0, 0.1) is 0 Å². The fourth-order valence-corrected chi connectivity index (χ4v) is 3.84. The molecule has 106 valence electrons. The largest absolute Gasteiger partial charge is 0.468 e. The molecule has 0 bridgehead atoms. The standard InChI is InChI=1S/C11H16N2O5S/c1-12-4-3-9(7-12)19(16,17)13-6-8(14)5-10(13)11(15)18-2/h3-4,7-8,10,14H,5-6H2,1-2H3. The Balaban J connectivity index is 2.36. The molecule has 2 rings (SSSR count). The van der Waals surface area contributed by atoms with Crippen LogP contribution in [-0.4, -0.2) is 54.2 Å². The number of nitrogens with zero attached hydrogens (tertiary/aromatic N) is 2. The van der Waals surface area contributed by atoms with Crippen molar-refractivity contribution in [1.29, 1.82) is 0 Å². The summed E-state index contributed by atoms with van der Waals surface area (Å²) in [4.78, 5) is 11.7. The van der Waals surface area contributed by atoms with Crippen LogP contribution in [0.15, 0.2) is 23.4 Å². The Morgan fingerprint density at radius 3 is 2.74 bits per heavy atom. The molecule has 7 nitrogen and oxygen atoms in total. The van der Waals surface area contributed by atoms with Crippen molar-refractivity contribution in [3.8, 4) is 0 Å². The average Bonchev–Trinajstić information content (AvgIpc) is 2.95. The molecule has 2 atom stereocenters. The van der Waals surface area contributed by atoms with E-state index in [-0.39, 0.29) is 17.9 Å². The Kier molecular flexibility index (Phi) is 3.66. The number of hydrogen-bond acceptors (Lipinski definition) is 5. The van der Waals surface area contributed by atoms with Crippen molar-refractivity contribution >= 4 is 16.0 Å². The number of hydrogen-bond donors (Lipinski definition) is 1. The molecule has 0 amide bonds. The number of carbonyl (C=O) groups is 1. The highest BCUT2D eigenvalue weighted by Crippen LogP contribution is 2.27. The van der Waals surface area contributed by atoms with Gasteiger partial charge in [-0.25, -0.2) is 8.42 Å². The molecule has 1 fully saturated rings. The minimum absolute atomic E-state index is 0.0543. The molecule has 8 heteroatoms. The van der Waals surface area contributed by atoms with Crippen molar-refractivity contribution < 1.29 is 23.1 Å². The third-order valence-electron chi connectivity index (χ3n) is 3.12. The molecule has 19 heavy (non-hydrogen) atoms. The molecule has 1 aromatic heterocycles. The Bertz CT molecular complexity index is 580. The van der Waals surface area contributed by atoms with Crippen LogP contribution in [0.3, 0.4) is 0 Å². The number of rotatable bonds is 3. The highest BCUT2D eigenvalue weighted by molar-refractivity contribution is 7.89. The fourth-order valence-electron chi connectivity index (χ4n) is 2.17. The van der Waals surface area contributed by atoms with Crippen molar-refractivity contribution in [2.45, 2.75) is 23.5 Å². The van der Waals surface area contributed by atoms with E-state index in [2.05, 4.69) is 4.74 Å². The van der Waals surface area contributed by atoms with E-state index >= 15 is 0 Å². The molecule has 0 spiro atoms. The average molecular weight is 288 g/mol. The Morgan fingerprint density at radius 1 is 1.53 bits per heavy atom. The predicted octanol–water partition coefficient (Wildman–Crippen LogP) is -0.678. The first-order chi connectivity index (χ1) is 8.86. The first-order valence-electron chi connectivity index (χ1n) is 5.76. The maximum atomic E-state index is 12.4. The summed E-state index contributed by atoms with van der Waals surface area (Å²) in [6, 6.07) is 0.485. The van der Waals surface area contributed by atoms with Gasteiger partial charge < -0.3 is 14.4 Å². The van der Waals surface area contributed by atoms with Crippen molar-refractivity contribution in [1.82, 2.24) is 8.87 Å². The van der Waals surface area contributed by atoms with Gasteiger partial charge in [-0.2, -0.15) is 4.31 Å². The summed E-state index contributed by atoms with van der Waals surface area (Å²) >= 11 is 0. The van der Waals surface area contributed by atoms with Crippen LogP contribution >= 0.6 is 0 Å². The van der Waals surface area contributed by atoms with Gasteiger partial charge in [-0.15, -0.1) is 0 Å². The van der Waals surface area contributed by atoms with Gasteiger partial charge in [0.1, 0.15) is 6.04 Å². The number of β-amino-alcohol motifs (C(OH)–C–C–N with tert-alkyl or cyclic N) is 1. The normalized spacial score (nSPS) is 24.6. The second-order valence-corrected chi connectivity index (χ2v) is 6.41. The molecule has 0 aliphatic carbocycles. The second-order valence-electron chi connectivity index (χ2n) is 4.52. The van der Waals surface area contributed by atoms with E-state index in [9.17, 15) is 18.3 Å². The van der Waals surface area contributed by atoms with Crippen LogP contribution in [0.1, 0.15) is 6.42 Å². The monoisotopic (exact) mass is 288 g/mol. The van der Waals surface area contributed by atoms with Gasteiger partial charge in [0.05, 0.1) is 18.1 Å². The van der Waals surface area contributed by atoms with Crippen molar-refractivity contribution in [2.24, 2.45) is 7.05 Å². The summed E-state index contributed by atoms with van der Waals surface area (Å²) in [5.74, 6) is -0.656. The zero-order valence-corrected chi connectivity index (χ0v) is 11.5. The highest BCUT2D eigenvalue weighted by atomic mass is 32.2. The Morgan fingerprint density at radius 2 is 2.21 bits per heavy atom. The van der Waals surface area contributed by atoms with E-state index in [0.29, 0.717) is 0 Å². The first-order valence-corrected chi connectivity index (χ1v) is 7.20. The molecular weight excluding hydrogens is 272 g/mol. The molecule has 0 aromatic carbocycles. The van der Waals surface area contributed by atoms with Crippen LogP contribution in [0.4, 0.5) is 0 Å². The summed E-state index contributed by atoms with van der Waals surface area (Å²) < 4.78 is 32.0. The van der Waals surface area contributed by atoms with Crippen LogP contribution < -0.4 is 0 Å². The van der Waals surface area contributed by atoms with E-state index in [1.54, 1.807) is 17.8 Å². The van der Waals surface area contributed by atoms with Crippen LogP contribution in [-0.2, 0) is 26.6 Å². The number of aromatic nitrogens is 1. The van der Waals surface area contributed by atoms with E-state index < -0.39 is 28.1 Å². The summed E-state index contributed by atoms with van der Waals surface area (Å²) in [6.07, 6.45) is 2.25.